The molecule has 2 N–H and O–H groups in total. The van der Waals surface area contributed by atoms with Gasteiger partial charge in [0.1, 0.15) is 12.4 Å². The summed E-state index contributed by atoms with van der Waals surface area (Å²) in [6.45, 7) is 8.55. The van der Waals surface area contributed by atoms with E-state index in [1.807, 2.05) is 75.1 Å². The molecular weight excluding hydrogens is 546 g/mol. The zero-order chi connectivity index (χ0) is 31.1. The number of methoxy groups -OCH3 is 1. The Bertz CT molecular complexity index is 1410. The lowest BCUT2D eigenvalue weighted by atomic mass is 10.0. The van der Waals surface area contributed by atoms with Gasteiger partial charge in [0, 0.05) is 62.2 Å². The van der Waals surface area contributed by atoms with E-state index in [4.69, 9.17) is 9.47 Å². The molecule has 3 aromatic rings. The number of nitrogens with one attached hydrogen (secondary N) is 2. The largest absolute Gasteiger partial charge is 0.491 e. The van der Waals surface area contributed by atoms with Crippen LogP contribution in [0, 0.1) is 5.92 Å². The summed E-state index contributed by atoms with van der Waals surface area (Å²) >= 11 is 0. The van der Waals surface area contributed by atoms with Gasteiger partial charge in [0.15, 0.2) is 0 Å². The van der Waals surface area contributed by atoms with Crippen LogP contribution in [0.15, 0.2) is 66.9 Å². The standard InChI is InChI=1S/C33H41N5O5/c1-21(2)35-33(41)36-26-14-15-29-27(17-26)32(40)37(5)19-30(42-6)22(3)18-38(23(4)20-43-29)31(39)25-12-10-24(11-13-25)28-9-7-8-16-34-28/h7-17,21-23,30H,18-20H2,1-6H3,(H2,35,36,41)/t22-,23-,30-/m0/s1. The van der Waals surface area contributed by atoms with Crippen molar-refractivity contribution in [1.82, 2.24) is 20.1 Å². The van der Waals surface area contributed by atoms with Crippen molar-refractivity contribution < 1.29 is 23.9 Å². The van der Waals surface area contributed by atoms with Crippen molar-refractivity contribution in [3.05, 3.63) is 78.0 Å². The monoisotopic (exact) mass is 587 g/mol. The number of benzene rings is 2. The molecule has 0 saturated carbocycles. The van der Waals surface area contributed by atoms with Gasteiger partial charge in [0.25, 0.3) is 11.8 Å². The molecule has 2 heterocycles. The average Bonchev–Trinajstić information content (AvgIpc) is 3.00. The summed E-state index contributed by atoms with van der Waals surface area (Å²) in [5, 5.41) is 5.56. The number of urea groups is 1. The molecule has 0 fully saturated rings. The lowest BCUT2D eigenvalue weighted by Gasteiger charge is -2.36. The number of hydrogen-bond acceptors (Lipinski definition) is 6. The highest BCUT2D eigenvalue weighted by Crippen LogP contribution is 2.27. The van der Waals surface area contributed by atoms with Crippen molar-refractivity contribution >= 4 is 23.5 Å². The minimum atomic E-state index is -0.367. The Hall–Kier alpha value is -4.44. The lowest BCUT2D eigenvalue weighted by molar-refractivity contribution is 0.0111. The highest BCUT2D eigenvalue weighted by atomic mass is 16.5. The normalized spacial score (nSPS) is 19.5. The molecule has 1 aliphatic heterocycles. The summed E-state index contributed by atoms with van der Waals surface area (Å²) in [7, 11) is 3.32. The van der Waals surface area contributed by atoms with Gasteiger partial charge in [-0.2, -0.15) is 0 Å². The van der Waals surface area contributed by atoms with E-state index in [1.54, 1.807) is 43.5 Å². The maximum absolute atomic E-state index is 13.9. The first-order valence-corrected chi connectivity index (χ1v) is 14.5. The second-order valence-electron chi connectivity index (χ2n) is 11.3. The number of aromatic nitrogens is 1. The van der Waals surface area contributed by atoms with E-state index in [9.17, 15) is 14.4 Å². The van der Waals surface area contributed by atoms with Crippen LogP contribution in [0.3, 0.4) is 0 Å². The molecule has 0 saturated heterocycles. The maximum Gasteiger partial charge on any atom is 0.319 e. The first kappa shape index (κ1) is 31.5. The number of carbonyl (C=O) groups excluding carboxylic acids is 3. The summed E-state index contributed by atoms with van der Waals surface area (Å²) in [4.78, 5) is 47.6. The molecule has 1 aliphatic rings. The Balaban J connectivity index is 1.62. The molecule has 10 nitrogen and oxygen atoms in total. The molecule has 10 heteroatoms. The molecule has 4 rings (SSSR count). The first-order valence-electron chi connectivity index (χ1n) is 14.5. The zero-order valence-corrected chi connectivity index (χ0v) is 25.7. The van der Waals surface area contributed by atoms with Crippen molar-refractivity contribution in [3.63, 3.8) is 0 Å². The number of carbonyl (C=O) groups is 3. The summed E-state index contributed by atoms with van der Waals surface area (Å²) in [6.07, 6.45) is 1.41. The minimum absolute atomic E-state index is 0.0423. The van der Waals surface area contributed by atoms with Gasteiger partial charge in [0.2, 0.25) is 0 Å². The van der Waals surface area contributed by atoms with Crippen LogP contribution >= 0.6 is 0 Å². The van der Waals surface area contributed by atoms with E-state index < -0.39 is 0 Å². The second kappa shape index (κ2) is 14.2. The maximum atomic E-state index is 13.9. The fourth-order valence-electron chi connectivity index (χ4n) is 5.05. The van der Waals surface area contributed by atoms with Gasteiger partial charge in [-0.25, -0.2) is 4.79 Å². The fourth-order valence-corrected chi connectivity index (χ4v) is 5.05. The van der Waals surface area contributed by atoms with Crippen LogP contribution in [-0.4, -0.2) is 84.7 Å². The Labute approximate surface area is 253 Å². The van der Waals surface area contributed by atoms with E-state index in [2.05, 4.69) is 15.6 Å². The number of hydrogen-bond donors (Lipinski definition) is 2. The average molecular weight is 588 g/mol. The summed E-state index contributed by atoms with van der Waals surface area (Å²) < 4.78 is 12.0. The predicted octanol–water partition coefficient (Wildman–Crippen LogP) is 4.92. The third kappa shape index (κ3) is 7.90. The fraction of sp³-hybridized carbons (Fsp3) is 0.394. The van der Waals surface area contributed by atoms with E-state index in [-0.39, 0.29) is 48.6 Å². The smallest absolute Gasteiger partial charge is 0.319 e. The van der Waals surface area contributed by atoms with Crippen LogP contribution in [0.2, 0.25) is 0 Å². The number of pyridine rings is 1. The van der Waals surface area contributed by atoms with Crippen LogP contribution in [0.5, 0.6) is 5.75 Å². The summed E-state index contributed by atoms with van der Waals surface area (Å²) in [6, 6.07) is 17.4. The number of amides is 4. The molecule has 0 unspecified atom stereocenters. The third-order valence-corrected chi connectivity index (χ3v) is 7.48. The Morgan fingerprint density at radius 1 is 1.05 bits per heavy atom. The first-order chi connectivity index (χ1) is 20.6. The van der Waals surface area contributed by atoms with Gasteiger partial charge in [-0.1, -0.05) is 25.1 Å². The topological polar surface area (TPSA) is 113 Å². The van der Waals surface area contributed by atoms with Crippen molar-refractivity contribution in [2.45, 2.75) is 45.9 Å². The van der Waals surface area contributed by atoms with Gasteiger partial charge in [-0.05, 0) is 63.2 Å². The molecule has 0 radical (unpaired) electrons. The van der Waals surface area contributed by atoms with Crippen molar-refractivity contribution in [3.8, 4) is 17.0 Å². The number of ether oxygens (including phenoxy) is 2. The predicted molar refractivity (Wildman–Crippen MR) is 166 cm³/mol. The van der Waals surface area contributed by atoms with E-state index in [1.165, 1.54) is 0 Å². The quantitative estimate of drug-likeness (QED) is 0.438. The highest BCUT2D eigenvalue weighted by molar-refractivity contribution is 5.99. The lowest BCUT2D eigenvalue weighted by Crippen LogP contribution is -2.48. The molecular formula is C33H41N5O5. The summed E-state index contributed by atoms with van der Waals surface area (Å²) in [5.74, 6) is -0.103. The molecule has 4 amide bonds. The molecule has 0 spiro atoms. The SMILES string of the molecule is CO[C@H]1CN(C)C(=O)c2cc(NC(=O)NC(C)C)ccc2OC[C@H](C)N(C(=O)c2ccc(-c3ccccn3)cc2)C[C@@H]1C. The van der Waals surface area contributed by atoms with Crippen LogP contribution < -0.4 is 15.4 Å². The van der Waals surface area contributed by atoms with Crippen molar-refractivity contribution in [2.75, 3.05) is 39.2 Å². The molecule has 3 atom stereocenters. The van der Waals surface area contributed by atoms with Crippen LogP contribution in [0.1, 0.15) is 48.4 Å². The van der Waals surface area contributed by atoms with Gasteiger partial charge in [-0.15, -0.1) is 0 Å². The van der Waals surface area contributed by atoms with Gasteiger partial charge in [-0.3, -0.25) is 14.6 Å². The Morgan fingerprint density at radius 2 is 1.79 bits per heavy atom. The molecule has 228 valence electrons. The number of nitrogens with zero attached hydrogens (tertiary/aromatic N) is 3. The Morgan fingerprint density at radius 3 is 2.44 bits per heavy atom. The van der Waals surface area contributed by atoms with E-state index >= 15 is 0 Å². The molecule has 2 aromatic carbocycles. The Kier molecular flexibility index (Phi) is 10.4. The van der Waals surface area contributed by atoms with E-state index in [0.717, 1.165) is 11.3 Å². The van der Waals surface area contributed by atoms with Gasteiger partial charge in [0.05, 0.1) is 23.4 Å². The van der Waals surface area contributed by atoms with Gasteiger partial charge >= 0.3 is 6.03 Å². The zero-order valence-electron chi connectivity index (χ0n) is 25.7. The number of rotatable bonds is 5. The molecule has 43 heavy (non-hydrogen) atoms. The minimum Gasteiger partial charge on any atom is -0.491 e. The van der Waals surface area contributed by atoms with E-state index in [0.29, 0.717) is 35.7 Å². The van der Waals surface area contributed by atoms with Crippen LogP contribution in [0.25, 0.3) is 11.3 Å². The molecule has 0 aliphatic carbocycles. The van der Waals surface area contributed by atoms with Crippen molar-refractivity contribution in [2.24, 2.45) is 5.92 Å². The molecule has 0 bridgehead atoms. The highest BCUT2D eigenvalue weighted by Gasteiger charge is 2.31. The number of likely N-dealkylation sites (N-methyl/N-ethyl adjacent to an activating group) is 1. The van der Waals surface area contributed by atoms with Crippen LogP contribution in [0.4, 0.5) is 10.5 Å². The number of fused-ring (bicyclic) bond motifs is 1. The third-order valence-electron chi connectivity index (χ3n) is 7.48. The molecule has 1 aromatic heterocycles. The van der Waals surface area contributed by atoms with Gasteiger partial charge < -0.3 is 29.9 Å². The summed E-state index contributed by atoms with van der Waals surface area (Å²) in [5.41, 5.74) is 3.09. The van der Waals surface area contributed by atoms with Crippen molar-refractivity contribution in [1.29, 1.82) is 0 Å². The van der Waals surface area contributed by atoms with Crippen LogP contribution in [-0.2, 0) is 4.74 Å². The number of anilines is 1. The second-order valence-corrected chi connectivity index (χ2v) is 11.3.